The maximum Gasteiger partial charge on any atom is 0.243 e. The Hall–Kier alpha value is -0.900. The van der Waals surface area contributed by atoms with Crippen LogP contribution in [0.5, 0.6) is 0 Å². The molecule has 0 amide bonds. The van der Waals surface area contributed by atoms with E-state index in [1.165, 1.54) is 0 Å². The Morgan fingerprint density at radius 1 is 1.33 bits per heavy atom. The van der Waals surface area contributed by atoms with Crippen molar-refractivity contribution in [3.05, 3.63) is 11.7 Å². The molecule has 86 valence electrons. The number of hydrogen-bond donors (Lipinski definition) is 1. The van der Waals surface area contributed by atoms with Gasteiger partial charge < -0.3 is 10.3 Å². The zero-order valence-electron chi connectivity index (χ0n) is 10.2. The fourth-order valence-corrected chi connectivity index (χ4v) is 1.30. The first-order valence-electron chi connectivity index (χ1n) is 5.40. The molecule has 0 aliphatic heterocycles. The highest BCUT2D eigenvalue weighted by atomic mass is 16.5. The predicted octanol–water partition coefficient (Wildman–Crippen LogP) is 2.41. The molecule has 1 heterocycles. The molecule has 0 unspecified atom stereocenters. The molecule has 15 heavy (non-hydrogen) atoms. The minimum absolute atomic E-state index is 0.0840. The Morgan fingerprint density at radius 2 is 1.93 bits per heavy atom. The maximum absolute atomic E-state index is 5.96. The highest BCUT2D eigenvalue weighted by Gasteiger charge is 2.23. The summed E-state index contributed by atoms with van der Waals surface area (Å²) in [7, 11) is 0. The molecular formula is C11H21N3O. The van der Waals surface area contributed by atoms with E-state index >= 15 is 0 Å². The van der Waals surface area contributed by atoms with E-state index < -0.39 is 0 Å². The van der Waals surface area contributed by atoms with Gasteiger partial charge >= 0.3 is 0 Å². The van der Waals surface area contributed by atoms with Crippen molar-refractivity contribution >= 4 is 0 Å². The molecule has 1 aromatic heterocycles. The van der Waals surface area contributed by atoms with E-state index in [1.807, 2.05) is 0 Å². The molecule has 0 aliphatic carbocycles. The summed E-state index contributed by atoms with van der Waals surface area (Å²) in [5.74, 6) is 1.80. The van der Waals surface area contributed by atoms with Gasteiger partial charge in [0.15, 0.2) is 5.82 Å². The van der Waals surface area contributed by atoms with Crippen molar-refractivity contribution in [1.29, 1.82) is 0 Å². The second-order valence-electron chi connectivity index (χ2n) is 5.44. The van der Waals surface area contributed by atoms with Crippen LogP contribution in [-0.4, -0.2) is 10.1 Å². The first-order chi connectivity index (χ1) is 6.80. The van der Waals surface area contributed by atoms with Gasteiger partial charge in [0.1, 0.15) is 0 Å². The van der Waals surface area contributed by atoms with Crippen molar-refractivity contribution in [3.8, 4) is 0 Å². The fourth-order valence-electron chi connectivity index (χ4n) is 1.30. The van der Waals surface area contributed by atoms with Crippen molar-refractivity contribution in [2.24, 2.45) is 11.7 Å². The van der Waals surface area contributed by atoms with E-state index in [-0.39, 0.29) is 11.5 Å². The van der Waals surface area contributed by atoms with Crippen LogP contribution in [0.4, 0.5) is 0 Å². The Labute approximate surface area is 91.2 Å². The van der Waals surface area contributed by atoms with Gasteiger partial charge in [-0.25, -0.2) is 0 Å². The molecule has 4 nitrogen and oxygen atoms in total. The lowest BCUT2D eigenvalue weighted by atomic mass is 9.96. The van der Waals surface area contributed by atoms with Crippen LogP contribution >= 0.6 is 0 Å². The lowest BCUT2D eigenvalue weighted by Crippen LogP contribution is -2.16. The van der Waals surface area contributed by atoms with Crippen LogP contribution in [0.3, 0.4) is 0 Å². The van der Waals surface area contributed by atoms with Crippen LogP contribution in [-0.2, 0) is 5.41 Å². The summed E-state index contributed by atoms with van der Waals surface area (Å²) in [4.78, 5) is 4.33. The van der Waals surface area contributed by atoms with Crippen LogP contribution in [0, 0.1) is 5.92 Å². The summed E-state index contributed by atoms with van der Waals surface area (Å²) in [5.41, 5.74) is 5.87. The monoisotopic (exact) mass is 211 g/mol. The molecule has 0 aliphatic rings. The molecule has 0 radical (unpaired) electrons. The smallest absolute Gasteiger partial charge is 0.243 e. The molecule has 0 aromatic carbocycles. The molecule has 0 spiro atoms. The van der Waals surface area contributed by atoms with Gasteiger partial charge in [-0.2, -0.15) is 4.98 Å². The zero-order chi connectivity index (χ0) is 11.6. The molecule has 0 saturated carbocycles. The van der Waals surface area contributed by atoms with Gasteiger partial charge in [-0.05, 0) is 12.3 Å². The Bertz CT molecular complexity index is 312. The van der Waals surface area contributed by atoms with E-state index in [0.29, 0.717) is 11.8 Å². The van der Waals surface area contributed by atoms with Crippen molar-refractivity contribution in [2.45, 2.75) is 52.5 Å². The van der Waals surface area contributed by atoms with Gasteiger partial charge in [0.05, 0.1) is 6.04 Å². The van der Waals surface area contributed by atoms with Crippen molar-refractivity contribution in [1.82, 2.24) is 10.1 Å². The summed E-state index contributed by atoms with van der Waals surface area (Å²) in [6.07, 6.45) is 0.867. The minimum atomic E-state index is -0.145. The van der Waals surface area contributed by atoms with Gasteiger partial charge in [-0.15, -0.1) is 0 Å². The molecule has 2 N–H and O–H groups in total. The van der Waals surface area contributed by atoms with Gasteiger partial charge in [0.2, 0.25) is 5.89 Å². The summed E-state index contributed by atoms with van der Waals surface area (Å²) in [5, 5.41) is 3.95. The quantitative estimate of drug-likeness (QED) is 0.833. The van der Waals surface area contributed by atoms with Gasteiger partial charge in [-0.3, -0.25) is 0 Å². The highest BCUT2D eigenvalue weighted by Crippen LogP contribution is 2.22. The second-order valence-corrected chi connectivity index (χ2v) is 5.44. The average molecular weight is 211 g/mol. The van der Waals surface area contributed by atoms with E-state index in [0.717, 1.165) is 12.2 Å². The number of hydrogen-bond acceptors (Lipinski definition) is 4. The van der Waals surface area contributed by atoms with Crippen LogP contribution in [0.15, 0.2) is 4.52 Å². The van der Waals surface area contributed by atoms with E-state index in [2.05, 4.69) is 44.8 Å². The Kier molecular flexibility index (Phi) is 3.50. The van der Waals surface area contributed by atoms with E-state index in [4.69, 9.17) is 10.3 Å². The number of rotatable bonds is 3. The molecule has 0 saturated heterocycles. The van der Waals surface area contributed by atoms with E-state index in [9.17, 15) is 0 Å². The summed E-state index contributed by atoms with van der Waals surface area (Å²) >= 11 is 0. The lowest BCUT2D eigenvalue weighted by molar-refractivity contribution is 0.328. The molecule has 0 fully saturated rings. The van der Waals surface area contributed by atoms with Crippen LogP contribution in [0.25, 0.3) is 0 Å². The highest BCUT2D eigenvalue weighted by molar-refractivity contribution is 5.01. The molecule has 0 bridgehead atoms. The third-order valence-corrected chi connectivity index (χ3v) is 2.16. The maximum atomic E-state index is 5.96. The largest absolute Gasteiger partial charge is 0.338 e. The topological polar surface area (TPSA) is 64.9 Å². The van der Waals surface area contributed by atoms with Crippen LogP contribution < -0.4 is 5.73 Å². The van der Waals surface area contributed by atoms with Gasteiger partial charge in [0, 0.05) is 5.41 Å². The summed E-state index contributed by atoms with van der Waals surface area (Å²) in [6, 6.07) is -0.145. The van der Waals surface area contributed by atoms with Gasteiger partial charge in [-0.1, -0.05) is 39.8 Å². The third-order valence-electron chi connectivity index (χ3n) is 2.16. The summed E-state index contributed by atoms with van der Waals surface area (Å²) < 4.78 is 5.17. The molecule has 1 atom stereocenters. The van der Waals surface area contributed by atoms with Crippen LogP contribution in [0.1, 0.15) is 58.8 Å². The fraction of sp³-hybridized carbons (Fsp3) is 0.818. The first-order valence-corrected chi connectivity index (χ1v) is 5.40. The normalized spacial score (nSPS) is 14.6. The second kappa shape index (κ2) is 4.31. The molecule has 4 heteroatoms. The van der Waals surface area contributed by atoms with Crippen molar-refractivity contribution in [2.75, 3.05) is 0 Å². The van der Waals surface area contributed by atoms with Crippen LogP contribution in [0.2, 0.25) is 0 Å². The van der Waals surface area contributed by atoms with Crippen molar-refractivity contribution < 1.29 is 4.52 Å². The molecule has 1 rings (SSSR count). The first kappa shape index (κ1) is 12.2. The van der Waals surface area contributed by atoms with Crippen molar-refractivity contribution in [3.63, 3.8) is 0 Å². The van der Waals surface area contributed by atoms with E-state index in [1.54, 1.807) is 0 Å². The Balaban J connectivity index is 2.76. The molecular weight excluding hydrogens is 190 g/mol. The SMILES string of the molecule is CC(C)C[C@H](N)c1nc(C(C)(C)C)no1. The third kappa shape index (κ3) is 3.30. The standard InChI is InChI=1S/C11H21N3O/c1-7(2)6-8(12)9-13-10(14-15-9)11(3,4)5/h7-8H,6,12H2,1-5H3/t8-/m0/s1. The predicted molar refractivity (Wildman–Crippen MR) is 59.4 cm³/mol. The summed E-state index contributed by atoms with van der Waals surface area (Å²) in [6.45, 7) is 10.4. The number of nitrogens with two attached hydrogens (primary N) is 1. The minimum Gasteiger partial charge on any atom is -0.338 e. The number of nitrogens with zero attached hydrogens (tertiary/aromatic N) is 2. The lowest BCUT2D eigenvalue weighted by Gasteiger charge is -2.11. The number of aromatic nitrogens is 2. The average Bonchev–Trinajstić information content (AvgIpc) is 2.48. The molecule has 1 aromatic rings. The zero-order valence-corrected chi connectivity index (χ0v) is 10.2. The van der Waals surface area contributed by atoms with Gasteiger partial charge in [0.25, 0.3) is 0 Å². The Morgan fingerprint density at radius 3 is 2.33 bits per heavy atom.